The third kappa shape index (κ3) is 5.13. The number of amides is 1. The highest BCUT2D eigenvalue weighted by atomic mass is 32.2. The fourth-order valence-corrected chi connectivity index (χ4v) is 3.16. The predicted molar refractivity (Wildman–Crippen MR) is 97.5 cm³/mol. The van der Waals surface area contributed by atoms with Crippen LogP contribution in [-0.2, 0) is 19.6 Å². The van der Waals surface area contributed by atoms with Gasteiger partial charge in [-0.3, -0.25) is 4.79 Å². The van der Waals surface area contributed by atoms with E-state index in [1.807, 2.05) is 6.07 Å². The van der Waals surface area contributed by atoms with Gasteiger partial charge >= 0.3 is 5.97 Å². The van der Waals surface area contributed by atoms with E-state index in [-0.39, 0.29) is 16.1 Å². The van der Waals surface area contributed by atoms with Gasteiger partial charge in [0, 0.05) is 5.69 Å². The van der Waals surface area contributed by atoms with Gasteiger partial charge in [-0.2, -0.15) is 5.26 Å². The number of nitriles is 1. The summed E-state index contributed by atoms with van der Waals surface area (Å²) < 4.78 is 31.1. The van der Waals surface area contributed by atoms with Crippen LogP contribution in [0.3, 0.4) is 0 Å². The van der Waals surface area contributed by atoms with Gasteiger partial charge in [0.2, 0.25) is 10.0 Å². The van der Waals surface area contributed by atoms with Crippen molar-refractivity contribution in [1.82, 2.24) is 4.72 Å². The number of anilines is 1. The molecule has 0 heterocycles. The van der Waals surface area contributed by atoms with E-state index in [0.29, 0.717) is 11.1 Å². The molecular formula is C18H17N3O5S. The zero-order chi connectivity index (χ0) is 20.0. The number of carbonyl (C=O) groups excluding carboxylic acids is 2. The molecule has 0 radical (unpaired) electrons. The summed E-state index contributed by atoms with van der Waals surface area (Å²) in [5.74, 6) is -1.33. The Labute approximate surface area is 156 Å². The summed E-state index contributed by atoms with van der Waals surface area (Å²) in [4.78, 5) is 23.9. The largest absolute Gasteiger partial charge is 0.452 e. The first-order valence-corrected chi connectivity index (χ1v) is 9.26. The van der Waals surface area contributed by atoms with Crippen LogP contribution in [0.1, 0.15) is 21.5 Å². The van der Waals surface area contributed by atoms with Gasteiger partial charge in [0.25, 0.3) is 5.91 Å². The SMILES string of the molecule is CNS(=O)(=O)c1cc(NC(=O)COC(=O)c2ccc(C#N)cc2)ccc1C. The van der Waals surface area contributed by atoms with Gasteiger partial charge in [0.05, 0.1) is 22.1 Å². The lowest BCUT2D eigenvalue weighted by atomic mass is 10.1. The first-order chi connectivity index (χ1) is 12.8. The molecule has 9 heteroatoms. The molecule has 8 nitrogen and oxygen atoms in total. The van der Waals surface area contributed by atoms with Gasteiger partial charge in [0.1, 0.15) is 0 Å². The van der Waals surface area contributed by atoms with Crippen molar-refractivity contribution in [3.63, 3.8) is 0 Å². The lowest BCUT2D eigenvalue weighted by molar-refractivity contribution is -0.119. The average Bonchev–Trinajstić information content (AvgIpc) is 2.67. The molecule has 0 atom stereocenters. The molecule has 0 fully saturated rings. The van der Waals surface area contributed by atoms with Crippen LogP contribution in [0, 0.1) is 18.3 Å². The quantitative estimate of drug-likeness (QED) is 0.725. The molecule has 2 rings (SSSR count). The van der Waals surface area contributed by atoms with Gasteiger partial charge < -0.3 is 10.1 Å². The Kier molecular flexibility index (Phi) is 6.28. The van der Waals surface area contributed by atoms with Crippen LogP contribution < -0.4 is 10.0 Å². The molecule has 0 unspecified atom stereocenters. The molecule has 0 saturated heterocycles. The maximum Gasteiger partial charge on any atom is 0.338 e. The lowest BCUT2D eigenvalue weighted by Gasteiger charge is -2.10. The normalized spacial score (nSPS) is 10.7. The summed E-state index contributed by atoms with van der Waals surface area (Å²) in [7, 11) is -2.37. The van der Waals surface area contributed by atoms with E-state index in [1.165, 1.54) is 37.4 Å². The van der Waals surface area contributed by atoms with Crippen LogP contribution in [-0.4, -0.2) is 33.9 Å². The molecule has 0 saturated carbocycles. The molecule has 2 N–H and O–H groups in total. The zero-order valence-electron chi connectivity index (χ0n) is 14.6. The standard InChI is InChI=1S/C18H17N3O5S/c1-12-3-8-15(9-16(12)27(24,25)20-2)21-17(22)11-26-18(23)14-6-4-13(10-19)5-7-14/h3-9,20H,11H2,1-2H3,(H,21,22). The van der Waals surface area contributed by atoms with E-state index in [0.717, 1.165) is 0 Å². The van der Waals surface area contributed by atoms with E-state index in [9.17, 15) is 18.0 Å². The molecule has 140 valence electrons. The second-order valence-corrected chi connectivity index (χ2v) is 7.36. The zero-order valence-corrected chi connectivity index (χ0v) is 15.5. The molecule has 0 aliphatic carbocycles. The minimum atomic E-state index is -3.66. The van der Waals surface area contributed by atoms with Gasteiger partial charge in [0.15, 0.2) is 6.61 Å². The third-order valence-corrected chi connectivity index (χ3v) is 5.17. The first kappa shape index (κ1) is 20.1. The number of nitrogens with one attached hydrogen (secondary N) is 2. The number of aryl methyl sites for hydroxylation is 1. The molecule has 0 aliphatic rings. The summed E-state index contributed by atoms with van der Waals surface area (Å²) in [6, 6.07) is 12.1. The second kappa shape index (κ2) is 8.44. The van der Waals surface area contributed by atoms with Crippen LogP contribution in [0.15, 0.2) is 47.4 Å². The maximum atomic E-state index is 12.0. The minimum absolute atomic E-state index is 0.0392. The number of nitrogens with zero attached hydrogens (tertiary/aromatic N) is 1. The van der Waals surface area contributed by atoms with Crippen LogP contribution in [0.25, 0.3) is 0 Å². The predicted octanol–water partition coefficient (Wildman–Crippen LogP) is 1.57. The first-order valence-electron chi connectivity index (χ1n) is 7.78. The van der Waals surface area contributed by atoms with Crippen molar-refractivity contribution < 1.29 is 22.7 Å². The Balaban J connectivity index is 2.00. The van der Waals surface area contributed by atoms with Crippen LogP contribution in [0.5, 0.6) is 0 Å². The second-order valence-electron chi connectivity index (χ2n) is 5.50. The van der Waals surface area contributed by atoms with Crippen LogP contribution in [0.4, 0.5) is 5.69 Å². The molecule has 27 heavy (non-hydrogen) atoms. The highest BCUT2D eigenvalue weighted by Crippen LogP contribution is 2.20. The van der Waals surface area contributed by atoms with Gasteiger partial charge in [-0.25, -0.2) is 17.9 Å². The van der Waals surface area contributed by atoms with Crippen molar-refractivity contribution in [2.24, 2.45) is 0 Å². The molecule has 1 amide bonds. The van der Waals surface area contributed by atoms with Gasteiger partial charge in [-0.1, -0.05) is 6.07 Å². The Morgan fingerprint density at radius 3 is 2.41 bits per heavy atom. The van der Waals surface area contributed by atoms with Crippen molar-refractivity contribution in [3.05, 3.63) is 59.2 Å². The number of esters is 1. The molecular weight excluding hydrogens is 370 g/mol. The van der Waals surface area contributed by atoms with Crippen molar-refractivity contribution >= 4 is 27.6 Å². The van der Waals surface area contributed by atoms with Crippen molar-refractivity contribution in [2.45, 2.75) is 11.8 Å². The van der Waals surface area contributed by atoms with E-state index in [2.05, 4.69) is 10.0 Å². The van der Waals surface area contributed by atoms with E-state index in [4.69, 9.17) is 10.00 Å². The Bertz CT molecular complexity index is 1010. The number of hydrogen-bond donors (Lipinski definition) is 2. The highest BCUT2D eigenvalue weighted by Gasteiger charge is 2.16. The maximum absolute atomic E-state index is 12.0. The van der Waals surface area contributed by atoms with Gasteiger partial charge in [-0.05, 0) is 55.9 Å². The van der Waals surface area contributed by atoms with Crippen molar-refractivity contribution in [3.8, 4) is 6.07 Å². The lowest BCUT2D eigenvalue weighted by Crippen LogP contribution is -2.22. The molecule has 0 bridgehead atoms. The number of ether oxygens (including phenoxy) is 1. The monoisotopic (exact) mass is 387 g/mol. The van der Waals surface area contributed by atoms with Crippen molar-refractivity contribution in [1.29, 1.82) is 5.26 Å². The number of benzene rings is 2. The number of rotatable bonds is 6. The summed E-state index contributed by atoms with van der Waals surface area (Å²) in [6.07, 6.45) is 0. The van der Waals surface area contributed by atoms with Gasteiger partial charge in [-0.15, -0.1) is 0 Å². The van der Waals surface area contributed by atoms with Crippen LogP contribution >= 0.6 is 0 Å². The molecule has 0 aliphatic heterocycles. The van der Waals surface area contributed by atoms with E-state index >= 15 is 0 Å². The fraction of sp³-hybridized carbons (Fsp3) is 0.167. The smallest absolute Gasteiger partial charge is 0.338 e. The molecule has 2 aromatic carbocycles. The Hall–Kier alpha value is -3.22. The molecule has 0 aromatic heterocycles. The summed E-state index contributed by atoms with van der Waals surface area (Å²) in [5, 5.41) is 11.2. The molecule has 0 spiro atoms. The van der Waals surface area contributed by atoms with Crippen LogP contribution in [0.2, 0.25) is 0 Å². The molecule has 2 aromatic rings. The average molecular weight is 387 g/mol. The Morgan fingerprint density at radius 1 is 1.15 bits per heavy atom. The summed E-state index contributed by atoms with van der Waals surface area (Å²) >= 11 is 0. The summed E-state index contributed by atoms with van der Waals surface area (Å²) in [6.45, 7) is 1.09. The third-order valence-electron chi connectivity index (χ3n) is 3.61. The number of hydrogen-bond acceptors (Lipinski definition) is 6. The Morgan fingerprint density at radius 2 is 1.81 bits per heavy atom. The summed E-state index contributed by atoms with van der Waals surface area (Å²) in [5.41, 5.74) is 1.39. The topological polar surface area (TPSA) is 125 Å². The number of carbonyl (C=O) groups is 2. The fourth-order valence-electron chi connectivity index (χ4n) is 2.17. The van der Waals surface area contributed by atoms with E-state index in [1.54, 1.807) is 19.1 Å². The van der Waals surface area contributed by atoms with E-state index < -0.39 is 28.5 Å². The minimum Gasteiger partial charge on any atom is -0.452 e. The number of sulfonamides is 1. The highest BCUT2D eigenvalue weighted by molar-refractivity contribution is 7.89. The van der Waals surface area contributed by atoms with Crippen molar-refractivity contribution in [2.75, 3.05) is 19.0 Å².